The van der Waals surface area contributed by atoms with E-state index in [1.807, 2.05) is 13.8 Å². The summed E-state index contributed by atoms with van der Waals surface area (Å²) >= 11 is 0. The van der Waals surface area contributed by atoms with Gasteiger partial charge in [0, 0.05) is 12.6 Å². The molecule has 0 heterocycles. The minimum absolute atomic E-state index is 0.00895. The first-order valence-electron chi connectivity index (χ1n) is 5.91. The van der Waals surface area contributed by atoms with E-state index in [-0.39, 0.29) is 12.0 Å². The van der Waals surface area contributed by atoms with Gasteiger partial charge in [0.1, 0.15) is 0 Å². The zero-order chi connectivity index (χ0) is 12.2. The average Bonchev–Trinajstić information content (AvgIpc) is 2.61. The fourth-order valence-corrected chi connectivity index (χ4v) is 3.34. The third-order valence-corrected chi connectivity index (χ3v) is 4.11. The molecule has 6 heteroatoms. The van der Waals surface area contributed by atoms with Gasteiger partial charge in [-0.1, -0.05) is 20.3 Å². The van der Waals surface area contributed by atoms with E-state index in [0.29, 0.717) is 19.0 Å². The molecule has 0 radical (unpaired) electrons. The molecule has 1 aliphatic carbocycles. The van der Waals surface area contributed by atoms with Crippen LogP contribution in [0.5, 0.6) is 0 Å². The molecule has 1 rings (SSSR count). The lowest BCUT2D eigenvalue weighted by Gasteiger charge is -2.20. The van der Waals surface area contributed by atoms with Crippen molar-refractivity contribution in [3.05, 3.63) is 0 Å². The molecular formula is C10H23N3O2S. The highest BCUT2D eigenvalue weighted by atomic mass is 32.2. The topological polar surface area (TPSA) is 84.2 Å². The molecule has 0 aromatic heterocycles. The molecule has 1 fully saturated rings. The second-order valence-corrected chi connectivity index (χ2v) is 6.43. The van der Waals surface area contributed by atoms with Crippen molar-refractivity contribution in [2.24, 2.45) is 17.6 Å². The molecule has 4 N–H and O–H groups in total. The molecule has 0 bridgehead atoms. The highest BCUT2D eigenvalue weighted by molar-refractivity contribution is 7.87. The van der Waals surface area contributed by atoms with Crippen molar-refractivity contribution in [1.82, 2.24) is 9.44 Å². The van der Waals surface area contributed by atoms with Crippen molar-refractivity contribution in [2.45, 2.75) is 39.2 Å². The first-order chi connectivity index (χ1) is 7.44. The average molecular weight is 249 g/mol. The standard InChI is InChI=1S/C10H23N3O2S/c1-8(2)7-12-16(14,15)13-10-5-3-4-9(10)6-11/h8-10,12-13H,3-7,11H2,1-2H3. The van der Waals surface area contributed by atoms with Gasteiger partial charge in [0.25, 0.3) is 10.2 Å². The Morgan fingerprint density at radius 3 is 2.62 bits per heavy atom. The van der Waals surface area contributed by atoms with Crippen LogP contribution in [-0.4, -0.2) is 27.5 Å². The number of nitrogens with one attached hydrogen (secondary N) is 2. The van der Waals surface area contributed by atoms with Crippen LogP contribution in [0.4, 0.5) is 0 Å². The largest absolute Gasteiger partial charge is 0.330 e. The molecule has 1 saturated carbocycles. The number of hydrogen-bond donors (Lipinski definition) is 3. The lowest BCUT2D eigenvalue weighted by Crippen LogP contribution is -2.46. The molecule has 2 unspecified atom stereocenters. The van der Waals surface area contributed by atoms with Crippen molar-refractivity contribution in [1.29, 1.82) is 0 Å². The van der Waals surface area contributed by atoms with Crippen LogP contribution in [0.3, 0.4) is 0 Å². The number of hydrogen-bond acceptors (Lipinski definition) is 3. The van der Waals surface area contributed by atoms with E-state index >= 15 is 0 Å². The number of rotatable bonds is 6. The predicted molar refractivity (Wildman–Crippen MR) is 65.1 cm³/mol. The summed E-state index contributed by atoms with van der Waals surface area (Å²) in [4.78, 5) is 0. The highest BCUT2D eigenvalue weighted by Gasteiger charge is 2.29. The first-order valence-corrected chi connectivity index (χ1v) is 7.40. The van der Waals surface area contributed by atoms with E-state index in [1.165, 1.54) is 0 Å². The molecule has 0 aromatic rings. The van der Waals surface area contributed by atoms with E-state index in [4.69, 9.17) is 5.73 Å². The summed E-state index contributed by atoms with van der Waals surface area (Å²) in [5.74, 6) is 0.598. The summed E-state index contributed by atoms with van der Waals surface area (Å²) in [5, 5.41) is 0. The van der Waals surface area contributed by atoms with Gasteiger partial charge in [-0.25, -0.2) is 4.72 Å². The van der Waals surface area contributed by atoms with Gasteiger partial charge >= 0.3 is 0 Å². The fraction of sp³-hybridized carbons (Fsp3) is 1.00. The summed E-state index contributed by atoms with van der Waals surface area (Å²) < 4.78 is 28.6. The van der Waals surface area contributed by atoms with E-state index in [1.54, 1.807) is 0 Å². The van der Waals surface area contributed by atoms with Crippen LogP contribution in [-0.2, 0) is 10.2 Å². The summed E-state index contributed by atoms with van der Waals surface area (Å²) in [5.41, 5.74) is 5.61. The molecule has 0 amide bonds. The van der Waals surface area contributed by atoms with Crippen LogP contribution in [0.15, 0.2) is 0 Å². The third kappa shape index (κ3) is 4.37. The second kappa shape index (κ2) is 5.95. The van der Waals surface area contributed by atoms with Crippen molar-refractivity contribution < 1.29 is 8.42 Å². The van der Waals surface area contributed by atoms with E-state index < -0.39 is 10.2 Å². The number of nitrogens with two attached hydrogens (primary N) is 1. The summed E-state index contributed by atoms with van der Waals surface area (Å²) in [6, 6.07) is 0.00895. The summed E-state index contributed by atoms with van der Waals surface area (Å²) in [6.07, 6.45) is 2.97. The van der Waals surface area contributed by atoms with E-state index in [0.717, 1.165) is 19.3 Å². The second-order valence-electron chi connectivity index (χ2n) is 4.90. The van der Waals surface area contributed by atoms with Gasteiger partial charge in [-0.2, -0.15) is 13.1 Å². The lowest BCUT2D eigenvalue weighted by molar-refractivity contribution is 0.447. The van der Waals surface area contributed by atoms with E-state index in [2.05, 4.69) is 9.44 Å². The van der Waals surface area contributed by atoms with Crippen LogP contribution in [0.1, 0.15) is 33.1 Å². The van der Waals surface area contributed by atoms with Gasteiger partial charge in [0.05, 0.1) is 0 Å². The van der Waals surface area contributed by atoms with Gasteiger partial charge in [0.2, 0.25) is 0 Å². The fourth-order valence-electron chi connectivity index (χ4n) is 1.99. The van der Waals surface area contributed by atoms with Crippen molar-refractivity contribution in [3.63, 3.8) is 0 Å². The molecule has 0 aliphatic heterocycles. The Kier molecular flexibility index (Phi) is 5.17. The Labute approximate surface area is 98.4 Å². The summed E-state index contributed by atoms with van der Waals surface area (Å²) in [7, 11) is -3.36. The predicted octanol–water partition coefficient (Wildman–Crippen LogP) is 0.194. The smallest absolute Gasteiger partial charge is 0.277 e. The maximum atomic E-state index is 11.7. The SMILES string of the molecule is CC(C)CNS(=O)(=O)NC1CCCC1CN. The monoisotopic (exact) mass is 249 g/mol. The van der Waals surface area contributed by atoms with Gasteiger partial charge in [-0.05, 0) is 31.2 Å². The Hall–Kier alpha value is -0.170. The zero-order valence-corrected chi connectivity index (χ0v) is 10.9. The van der Waals surface area contributed by atoms with Crippen LogP contribution in [0.25, 0.3) is 0 Å². The Morgan fingerprint density at radius 2 is 2.06 bits per heavy atom. The van der Waals surface area contributed by atoms with Crippen molar-refractivity contribution in [2.75, 3.05) is 13.1 Å². The molecule has 16 heavy (non-hydrogen) atoms. The molecule has 1 aliphatic rings. The molecule has 5 nitrogen and oxygen atoms in total. The molecule has 96 valence electrons. The third-order valence-electron chi connectivity index (χ3n) is 2.95. The molecule has 0 aromatic carbocycles. The van der Waals surface area contributed by atoms with Crippen LogP contribution < -0.4 is 15.2 Å². The van der Waals surface area contributed by atoms with Crippen LogP contribution >= 0.6 is 0 Å². The van der Waals surface area contributed by atoms with Gasteiger partial charge < -0.3 is 5.73 Å². The van der Waals surface area contributed by atoms with Crippen molar-refractivity contribution >= 4 is 10.2 Å². The quantitative estimate of drug-likeness (QED) is 0.628. The highest BCUT2D eigenvalue weighted by Crippen LogP contribution is 2.24. The van der Waals surface area contributed by atoms with E-state index in [9.17, 15) is 8.42 Å². The van der Waals surface area contributed by atoms with Gasteiger partial charge in [-0.3, -0.25) is 0 Å². The molecular weight excluding hydrogens is 226 g/mol. The minimum Gasteiger partial charge on any atom is -0.330 e. The maximum absolute atomic E-state index is 11.7. The summed E-state index contributed by atoms with van der Waals surface area (Å²) in [6.45, 7) is 4.97. The van der Waals surface area contributed by atoms with Crippen LogP contribution in [0.2, 0.25) is 0 Å². The molecule has 2 atom stereocenters. The van der Waals surface area contributed by atoms with Gasteiger partial charge in [0.15, 0.2) is 0 Å². The first kappa shape index (κ1) is 13.9. The van der Waals surface area contributed by atoms with Crippen LogP contribution in [0, 0.1) is 11.8 Å². The molecule has 0 spiro atoms. The normalized spacial score (nSPS) is 26.5. The zero-order valence-electron chi connectivity index (χ0n) is 10.1. The maximum Gasteiger partial charge on any atom is 0.277 e. The lowest BCUT2D eigenvalue weighted by atomic mass is 10.1. The Balaban J connectivity index is 2.45. The van der Waals surface area contributed by atoms with Crippen molar-refractivity contribution in [3.8, 4) is 0 Å². The molecule has 0 saturated heterocycles. The van der Waals surface area contributed by atoms with Gasteiger partial charge in [-0.15, -0.1) is 0 Å². The Bertz CT molecular complexity index is 303. The minimum atomic E-state index is -3.36. The Morgan fingerprint density at radius 1 is 1.38 bits per heavy atom.